The Labute approximate surface area is 258 Å². The van der Waals surface area contributed by atoms with Gasteiger partial charge in [0.05, 0.1) is 19.9 Å². The molecule has 43 heavy (non-hydrogen) atoms. The molecule has 3 aromatic carbocycles. The van der Waals surface area contributed by atoms with Gasteiger partial charge in [-0.2, -0.15) is 0 Å². The standard InChI is InChI=1S/C19H19NO4.C13H14BrNO4/c1-19(2,3)24-18(21)12-10-14-9-11-16(17(13-14)20(22)23)15-7-5-4-6-8-15;1-13(2,3)19-12(16)7-5-9-4-6-10(14)11(8-9)15(17)18/h4-13H,1-3H3;4-8H,1-3H3/b12-10+;7-5+. The van der Waals surface area contributed by atoms with E-state index >= 15 is 0 Å². The van der Waals surface area contributed by atoms with E-state index < -0.39 is 33.0 Å². The zero-order chi connectivity index (χ0) is 32.4. The van der Waals surface area contributed by atoms with Crippen molar-refractivity contribution in [1.29, 1.82) is 0 Å². The Balaban J connectivity index is 0.000000309. The molecule has 0 saturated carbocycles. The van der Waals surface area contributed by atoms with Crippen molar-refractivity contribution in [3.63, 3.8) is 0 Å². The van der Waals surface area contributed by atoms with Crippen LogP contribution in [-0.2, 0) is 19.1 Å². The van der Waals surface area contributed by atoms with Crippen LogP contribution in [0.15, 0.2) is 83.4 Å². The van der Waals surface area contributed by atoms with Crippen molar-refractivity contribution in [3.8, 4) is 11.1 Å². The molecule has 0 heterocycles. The first-order valence-electron chi connectivity index (χ1n) is 13.0. The number of hydrogen-bond acceptors (Lipinski definition) is 8. The molecular formula is C32H33BrN2O8. The van der Waals surface area contributed by atoms with Gasteiger partial charge in [0, 0.05) is 24.3 Å². The van der Waals surface area contributed by atoms with Crippen molar-refractivity contribution in [2.45, 2.75) is 52.7 Å². The summed E-state index contributed by atoms with van der Waals surface area (Å²) in [4.78, 5) is 44.4. The monoisotopic (exact) mass is 652 g/mol. The summed E-state index contributed by atoms with van der Waals surface area (Å²) >= 11 is 3.09. The number of nitrogens with zero attached hydrogens (tertiary/aromatic N) is 2. The van der Waals surface area contributed by atoms with Crippen molar-refractivity contribution in [3.05, 3.63) is 115 Å². The van der Waals surface area contributed by atoms with Gasteiger partial charge in [-0.1, -0.05) is 42.5 Å². The number of rotatable bonds is 7. The highest BCUT2D eigenvalue weighted by Crippen LogP contribution is 2.31. The Morgan fingerprint density at radius 1 is 0.698 bits per heavy atom. The molecule has 0 bridgehead atoms. The van der Waals surface area contributed by atoms with Crippen LogP contribution in [0.3, 0.4) is 0 Å². The lowest BCUT2D eigenvalue weighted by Gasteiger charge is -2.17. The Hall–Kier alpha value is -4.64. The lowest BCUT2D eigenvalue weighted by Crippen LogP contribution is -2.22. The van der Waals surface area contributed by atoms with Crippen LogP contribution in [-0.4, -0.2) is 33.0 Å². The summed E-state index contributed by atoms with van der Waals surface area (Å²) in [5.41, 5.74) is 1.23. The van der Waals surface area contributed by atoms with Crippen LogP contribution in [0, 0.1) is 20.2 Å². The van der Waals surface area contributed by atoms with E-state index in [4.69, 9.17) is 9.47 Å². The molecule has 0 spiro atoms. The SMILES string of the molecule is CC(C)(C)OC(=O)/C=C/c1ccc(-c2ccccc2)c([N+](=O)[O-])c1.CC(C)(C)OC(=O)/C=C/c1ccc(Br)c([N+](=O)[O-])c1. The fraction of sp³-hybridized carbons (Fsp3) is 0.250. The van der Waals surface area contributed by atoms with Crippen LogP contribution >= 0.6 is 15.9 Å². The van der Waals surface area contributed by atoms with E-state index in [0.29, 0.717) is 21.2 Å². The van der Waals surface area contributed by atoms with Crippen molar-refractivity contribution < 1.29 is 28.9 Å². The number of carbonyl (C=O) groups excluding carboxylic acids is 2. The predicted molar refractivity (Wildman–Crippen MR) is 169 cm³/mol. The third-order valence-corrected chi connectivity index (χ3v) is 5.78. The lowest BCUT2D eigenvalue weighted by molar-refractivity contribution is -0.385. The van der Waals surface area contributed by atoms with E-state index in [1.54, 1.807) is 65.8 Å². The van der Waals surface area contributed by atoms with E-state index in [9.17, 15) is 29.8 Å². The average Bonchev–Trinajstić information content (AvgIpc) is 2.90. The van der Waals surface area contributed by atoms with Crippen molar-refractivity contribution in [2.75, 3.05) is 0 Å². The van der Waals surface area contributed by atoms with E-state index in [1.165, 1.54) is 36.4 Å². The molecule has 3 aromatic rings. The molecule has 0 saturated heterocycles. The van der Waals surface area contributed by atoms with Gasteiger partial charge in [-0.05, 0) is 98.4 Å². The number of esters is 2. The Morgan fingerprint density at radius 2 is 1.14 bits per heavy atom. The van der Waals surface area contributed by atoms with Crippen LogP contribution in [0.25, 0.3) is 23.3 Å². The van der Waals surface area contributed by atoms with Crippen molar-refractivity contribution >= 4 is 51.4 Å². The maximum absolute atomic E-state index is 11.7. The zero-order valence-corrected chi connectivity index (χ0v) is 26.3. The van der Waals surface area contributed by atoms with Crippen LogP contribution in [0.4, 0.5) is 11.4 Å². The molecule has 11 heteroatoms. The summed E-state index contributed by atoms with van der Waals surface area (Å²) in [6.07, 6.45) is 5.51. The Kier molecular flexibility index (Phi) is 12.1. The second kappa shape index (κ2) is 15.0. The number of halogens is 1. The van der Waals surface area contributed by atoms with Gasteiger partial charge in [0.2, 0.25) is 0 Å². The van der Waals surface area contributed by atoms with Gasteiger partial charge in [0.15, 0.2) is 0 Å². The Bertz CT molecular complexity index is 1540. The maximum atomic E-state index is 11.7. The number of ether oxygens (including phenoxy) is 2. The maximum Gasteiger partial charge on any atom is 0.331 e. The van der Waals surface area contributed by atoms with Crippen LogP contribution in [0.5, 0.6) is 0 Å². The summed E-state index contributed by atoms with van der Waals surface area (Å²) in [7, 11) is 0. The van der Waals surface area contributed by atoms with Crippen molar-refractivity contribution in [1.82, 2.24) is 0 Å². The third kappa shape index (κ3) is 12.4. The highest BCUT2D eigenvalue weighted by atomic mass is 79.9. The quantitative estimate of drug-likeness (QED) is 0.107. The highest BCUT2D eigenvalue weighted by molar-refractivity contribution is 9.10. The number of benzene rings is 3. The van der Waals surface area contributed by atoms with Gasteiger partial charge in [0.25, 0.3) is 11.4 Å². The predicted octanol–water partition coefficient (Wildman–Crippen LogP) is 8.33. The summed E-state index contributed by atoms with van der Waals surface area (Å²) in [6, 6.07) is 18.6. The summed E-state index contributed by atoms with van der Waals surface area (Å²) < 4.78 is 10.7. The van der Waals surface area contributed by atoms with E-state index in [2.05, 4.69) is 15.9 Å². The number of hydrogen-bond donors (Lipinski definition) is 0. The van der Waals surface area contributed by atoms with Gasteiger partial charge >= 0.3 is 11.9 Å². The normalized spacial score (nSPS) is 11.5. The summed E-state index contributed by atoms with van der Waals surface area (Å²) in [5.74, 6) is -0.977. The summed E-state index contributed by atoms with van der Waals surface area (Å²) in [5, 5.41) is 22.1. The largest absolute Gasteiger partial charge is 0.457 e. The first kappa shape index (κ1) is 34.6. The van der Waals surface area contributed by atoms with Gasteiger partial charge in [0.1, 0.15) is 11.2 Å². The van der Waals surface area contributed by atoms with E-state index in [0.717, 1.165) is 5.56 Å². The van der Waals surface area contributed by atoms with Crippen LogP contribution in [0.2, 0.25) is 0 Å². The minimum absolute atomic E-state index is 0.00691. The molecule has 0 aromatic heterocycles. The van der Waals surface area contributed by atoms with Gasteiger partial charge in [-0.3, -0.25) is 20.2 Å². The Morgan fingerprint density at radius 3 is 1.58 bits per heavy atom. The number of nitro groups is 2. The minimum atomic E-state index is -0.579. The fourth-order valence-corrected chi connectivity index (χ4v) is 3.83. The average molecular weight is 654 g/mol. The third-order valence-electron chi connectivity index (χ3n) is 5.11. The molecular weight excluding hydrogens is 620 g/mol. The molecule has 0 aliphatic rings. The fourth-order valence-electron chi connectivity index (χ4n) is 3.44. The molecule has 0 fully saturated rings. The zero-order valence-electron chi connectivity index (χ0n) is 24.7. The molecule has 0 unspecified atom stereocenters. The van der Waals surface area contributed by atoms with Crippen LogP contribution in [0.1, 0.15) is 52.7 Å². The van der Waals surface area contributed by atoms with Gasteiger partial charge in [-0.25, -0.2) is 9.59 Å². The molecule has 226 valence electrons. The molecule has 0 aliphatic carbocycles. The topological polar surface area (TPSA) is 139 Å². The lowest BCUT2D eigenvalue weighted by atomic mass is 10.0. The molecule has 0 amide bonds. The molecule has 0 radical (unpaired) electrons. The highest BCUT2D eigenvalue weighted by Gasteiger charge is 2.17. The molecule has 0 aliphatic heterocycles. The summed E-state index contributed by atoms with van der Waals surface area (Å²) in [6.45, 7) is 10.6. The smallest absolute Gasteiger partial charge is 0.331 e. The van der Waals surface area contributed by atoms with Crippen LogP contribution < -0.4 is 0 Å². The minimum Gasteiger partial charge on any atom is -0.457 e. The van der Waals surface area contributed by atoms with Gasteiger partial charge in [-0.15, -0.1) is 0 Å². The second-order valence-corrected chi connectivity index (χ2v) is 12.0. The molecule has 0 N–H and O–H groups in total. The first-order valence-corrected chi connectivity index (χ1v) is 13.8. The molecule has 0 atom stereocenters. The first-order chi connectivity index (χ1) is 19.9. The van der Waals surface area contributed by atoms with E-state index in [1.807, 2.05) is 30.3 Å². The second-order valence-electron chi connectivity index (χ2n) is 11.1. The molecule has 3 rings (SSSR count). The van der Waals surface area contributed by atoms with Crippen molar-refractivity contribution in [2.24, 2.45) is 0 Å². The van der Waals surface area contributed by atoms with E-state index in [-0.39, 0.29) is 11.4 Å². The molecule has 10 nitrogen and oxygen atoms in total. The number of nitro benzene ring substituents is 2. The van der Waals surface area contributed by atoms with Gasteiger partial charge < -0.3 is 9.47 Å². The number of carbonyl (C=O) groups is 2.